The van der Waals surface area contributed by atoms with Gasteiger partial charge in [-0.15, -0.1) is 0 Å². The van der Waals surface area contributed by atoms with Crippen LogP contribution in [0, 0.1) is 11.6 Å². The number of amides is 1. The van der Waals surface area contributed by atoms with Crippen LogP contribution in [0.4, 0.5) is 8.78 Å². The molecule has 1 fully saturated rings. The van der Waals surface area contributed by atoms with E-state index in [-0.39, 0.29) is 23.6 Å². The number of nitrogens with one attached hydrogen (secondary N) is 3. The van der Waals surface area contributed by atoms with Crippen molar-refractivity contribution in [2.75, 3.05) is 0 Å². The molecule has 1 saturated carbocycles. The van der Waals surface area contributed by atoms with Gasteiger partial charge in [0.1, 0.15) is 11.6 Å². The molecule has 1 aromatic carbocycles. The zero-order valence-electron chi connectivity index (χ0n) is 14.4. The van der Waals surface area contributed by atoms with Crippen molar-refractivity contribution >= 4 is 5.91 Å². The zero-order chi connectivity index (χ0) is 18.1. The van der Waals surface area contributed by atoms with Crippen LogP contribution in [0.25, 0.3) is 0 Å². The summed E-state index contributed by atoms with van der Waals surface area (Å²) in [6.07, 6.45) is 7.49. The molecule has 0 bridgehead atoms. The summed E-state index contributed by atoms with van der Waals surface area (Å²) in [4.78, 5) is 20.4. The number of fused-ring (bicyclic) bond motifs is 2. The topological polar surface area (TPSA) is 69.8 Å². The Balaban J connectivity index is 1.49. The van der Waals surface area contributed by atoms with Gasteiger partial charge in [-0.1, -0.05) is 19.3 Å². The van der Waals surface area contributed by atoms with E-state index in [1.807, 2.05) is 0 Å². The number of benzene rings is 1. The van der Waals surface area contributed by atoms with Crippen LogP contribution in [0.5, 0.6) is 0 Å². The van der Waals surface area contributed by atoms with E-state index in [0.717, 1.165) is 55.3 Å². The van der Waals surface area contributed by atoms with E-state index < -0.39 is 17.7 Å². The van der Waals surface area contributed by atoms with Crippen molar-refractivity contribution in [3.05, 3.63) is 53.1 Å². The SMILES string of the molecule is O=C(NCc1cc(F)ccc1F)[C@@H]1Cc2[nH]cnc2C2(CCCCC2)N1. The lowest BCUT2D eigenvalue weighted by atomic mass is 9.75. The fourth-order valence-electron chi connectivity index (χ4n) is 4.23. The predicted molar refractivity (Wildman–Crippen MR) is 92.2 cm³/mol. The van der Waals surface area contributed by atoms with E-state index in [9.17, 15) is 13.6 Å². The summed E-state index contributed by atoms with van der Waals surface area (Å²) in [6.45, 7) is -0.0383. The third-order valence-electron chi connectivity index (χ3n) is 5.51. The van der Waals surface area contributed by atoms with Gasteiger partial charge in [0.2, 0.25) is 5.91 Å². The van der Waals surface area contributed by atoms with E-state index in [1.54, 1.807) is 6.33 Å². The number of carbonyl (C=O) groups excluding carboxylic acids is 1. The van der Waals surface area contributed by atoms with Gasteiger partial charge in [-0.3, -0.25) is 10.1 Å². The molecule has 138 valence electrons. The van der Waals surface area contributed by atoms with E-state index in [1.165, 1.54) is 6.42 Å². The molecular formula is C19H22F2N4O. The molecule has 1 aliphatic carbocycles. The van der Waals surface area contributed by atoms with Crippen molar-refractivity contribution in [3.63, 3.8) is 0 Å². The standard InChI is InChI=1S/C19H22F2N4O/c20-13-4-5-14(21)12(8-13)10-22-18(26)16-9-15-17(24-11-23-15)19(25-16)6-2-1-3-7-19/h4-5,8,11,16,25H,1-3,6-7,9-10H2,(H,22,26)(H,23,24)/t16-/m0/s1. The number of imidazole rings is 1. The van der Waals surface area contributed by atoms with Gasteiger partial charge in [-0.05, 0) is 31.0 Å². The van der Waals surface area contributed by atoms with Gasteiger partial charge in [-0.25, -0.2) is 13.8 Å². The van der Waals surface area contributed by atoms with Gasteiger partial charge in [0.25, 0.3) is 0 Å². The van der Waals surface area contributed by atoms with Crippen molar-refractivity contribution < 1.29 is 13.6 Å². The Bertz CT molecular complexity index is 814. The molecular weight excluding hydrogens is 338 g/mol. The second-order valence-electron chi connectivity index (χ2n) is 7.23. The zero-order valence-corrected chi connectivity index (χ0v) is 14.4. The fourth-order valence-corrected chi connectivity index (χ4v) is 4.23. The van der Waals surface area contributed by atoms with Gasteiger partial charge < -0.3 is 10.3 Å². The first-order valence-electron chi connectivity index (χ1n) is 9.09. The number of nitrogens with zero attached hydrogens (tertiary/aromatic N) is 1. The number of halogens is 2. The lowest BCUT2D eigenvalue weighted by molar-refractivity contribution is -0.124. The van der Waals surface area contributed by atoms with Crippen molar-refractivity contribution in [2.24, 2.45) is 0 Å². The molecule has 1 spiro atoms. The van der Waals surface area contributed by atoms with E-state index in [4.69, 9.17) is 0 Å². The minimum atomic E-state index is -0.525. The highest BCUT2D eigenvalue weighted by atomic mass is 19.1. The third kappa shape index (κ3) is 3.11. The molecule has 2 heterocycles. The minimum absolute atomic E-state index is 0.0383. The summed E-state index contributed by atoms with van der Waals surface area (Å²) < 4.78 is 27.0. The number of carbonyl (C=O) groups is 1. The maximum atomic E-state index is 13.8. The van der Waals surface area contributed by atoms with Gasteiger partial charge in [0, 0.05) is 24.2 Å². The second-order valence-corrected chi connectivity index (χ2v) is 7.23. The highest BCUT2D eigenvalue weighted by molar-refractivity contribution is 5.82. The normalized spacial score (nSPS) is 21.4. The van der Waals surface area contributed by atoms with Gasteiger partial charge in [0.15, 0.2) is 0 Å². The Morgan fingerprint density at radius 1 is 1.27 bits per heavy atom. The smallest absolute Gasteiger partial charge is 0.237 e. The molecule has 7 heteroatoms. The van der Waals surface area contributed by atoms with Gasteiger partial charge in [-0.2, -0.15) is 0 Å². The molecule has 1 atom stereocenters. The third-order valence-corrected chi connectivity index (χ3v) is 5.51. The van der Waals surface area contributed by atoms with Crippen LogP contribution in [0.15, 0.2) is 24.5 Å². The number of H-pyrrole nitrogens is 1. The molecule has 1 aromatic heterocycles. The molecule has 0 unspecified atom stereocenters. The van der Waals surface area contributed by atoms with E-state index >= 15 is 0 Å². The maximum absolute atomic E-state index is 13.8. The Kier molecular flexibility index (Phi) is 4.48. The Morgan fingerprint density at radius 2 is 2.08 bits per heavy atom. The fraction of sp³-hybridized carbons (Fsp3) is 0.474. The number of hydrogen-bond donors (Lipinski definition) is 3. The maximum Gasteiger partial charge on any atom is 0.237 e. The van der Waals surface area contributed by atoms with Crippen molar-refractivity contribution in [1.29, 1.82) is 0 Å². The molecule has 0 saturated heterocycles. The van der Waals surface area contributed by atoms with Crippen LogP contribution in [0.1, 0.15) is 49.1 Å². The summed E-state index contributed by atoms with van der Waals surface area (Å²) in [7, 11) is 0. The summed E-state index contributed by atoms with van der Waals surface area (Å²) >= 11 is 0. The van der Waals surface area contributed by atoms with Crippen molar-refractivity contribution in [3.8, 4) is 0 Å². The van der Waals surface area contributed by atoms with Gasteiger partial charge in [0.05, 0.1) is 23.6 Å². The van der Waals surface area contributed by atoms with Crippen molar-refractivity contribution in [2.45, 2.75) is 56.7 Å². The Labute approximate surface area is 150 Å². The molecule has 5 nitrogen and oxygen atoms in total. The Morgan fingerprint density at radius 3 is 2.88 bits per heavy atom. The predicted octanol–water partition coefficient (Wildman–Crippen LogP) is 2.68. The minimum Gasteiger partial charge on any atom is -0.351 e. The molecule has 26 heavy (non-hydrogen) atoms. The first-order chi connectivity index (χ1) is 12.6. The second kappa shape index (κ2) is 6.79. The quantitative estimate of drug-likeness (QED) is 0.788. The molecule has 2 aliphatic rings. The highest BCUT2D eigenvalue weighted by Gasteiger charge is 2.44. The number of aromatic nitrogens is 2. The largest absolute Gasteiger partial charge is 0.351 e. The van der Waals surface area contributed by atoms with Crippen LogP contribution in [-0.2, 0) is 23.3 Å². The monoisotopic (exact) mass is 360 g/mol. The van der Waals surface area contributed by atoms with Crippen LogP contribution >= 0.6 is 0 Å². The first kappa shape index (κ1) is 17.1. The summed E-state index contributed by atoms with van der Waals surface area (Å²) in [5.41, 5.74) is 1.89. The number of rotatable bonds is 3. The first-order valence-corrected chi connectivity index (χ1v) is 9.09. The lowest BCUT2D eigenvalue weighted by Crippen LogP contribution is -2.58. The number of hydrogen-bond acceptors (Lipinski definition) is 3. The summed E-state index contributed by atoms with van der Waals surface area (Å²) in [6, 6.07) is 2.83. The molecule has 3 N–H and O–H groups in total. The average Bonchev–Trinajstić information content (AvgIpc) is 3.12. The van der Waals surface area contributed by atoms with E-state index in [2.05, 4.69) is 20.6 Å². The summed E-state index contributed by atoms with van der Waals surface area (Å²) in [5, 5.41) is 6.25. The Hall–Kier alpha value is -2.28. The van der Waals surface area contributed by atoms with Gasteiger partial charge >= 0.3 is 0 Å². The highest BCUT2D eigenvalue weighted by Crippen LogP contribution is 2.40. The molecule has 4 rings (SSSR count). The van der Waals surface area contributed by atoms with Crippen molar-refractivity contribution in [1.82, 2.24) is 20.6 Å². The lowest BCUT2D eigenvalue weighted by Gasteiger charge is -2.43. The number of aromatic amines is 1. The molecule has 1 amide bonds. The van der Waals surface area contributed by atoms with Crippen LogP contribution in [-0.4, -0.2) is 21.9 Å². The molecule has 0 radical (unpaired) electrons. The molecule has 2 aromatic rings. The van der Waals surface area contributed by atoms with Crippen LogP contribution < -0.4 is 10.6 Å². The molecule has 1 aliphatic heterocycles. The van der Waals surface area contributed by atoms with E-state index in [0.29, 0.717) is 6.42 Å². The average molecular weight is 360 g/mol. The van der Waals surface area contributed by atoms with Crippen LogP contribution in [0.3, 0.4) is 0 Å². The summed E-state index contributed by atoms with van der Waals surface area (Å²) in [5.74, 6) is -1.25. The van der Waals surface area contributed by atoms with Crippen LogP contribution in [0.2, 0.25) is 0 Å².